The summed E-state index contributed by atoms with van der Waals surface area (Å²) in [4.78, 5) is 17.8. The zero-order valence-corrected chi connectivity index (χ0v) is 11.9. The van der Waals surface area contributed by atoms with Gasteiger partial charge < -0.3 is 4.74 Å². The zero-order chi connectivity index (χ0) is 14.0. The van der Waals surface area contributed by atoms with Crippen LogP contribution in [0.5, 0.6) is 0 Å². The molecule has 0 saturated heterocycles. The Morgan fingerprint density at radius 3 is 2.79 bits per heavy atom. The van der Waals surface area contributed by atoms with Gasteiger partial charge in [-0.15, -0.1) is 0 Å². The molecule has 0 fully saturated rings. The van der Waals surface area contributed by atoms with Crippen LogP contribution in [-0.4, -0.2) is 31.5 Å². The van der Waals surface area contributed by atoms with Crippen LogP contribution in [0.3, 0.4) is 0 Å². The number of carbonyl (C=O) groups is 1. The maximum atomic E-state index is 12.1. The zero-order valence-electron chi connectivity index (χ0n) is 11.9. The van der Waals surface area contributed by atoms with Crippen LogP contribution in [0, 0.1) is 0 Å². The molecule has 1 aromatic carbocycles. The molecule has 1 heterocycles. The van der Waals surface area contributed by atoms with E-state index in [2.05, 4.69) is 11.1 Å². The summed E-state index contributed by atoms with van der Waals surface area (Å²) in [6.07, 6.45) is 2.40. The van der Waals surface area contributed by atoms with E-state index in [9.17, 15) is 4.79 Å². The van der Waals surface area contributed by atoms with Gasteiger partial charge >= 0.3 is 6.09 Å². The van der Waals surface area contributed by atoms with Crippen molar-refractivity contribution in [3.63, 3.8) is 0 Å². The Morgan fingerprint density at radius 2 is 2.16 bits per heavy atom. The van der Waals surface area contributed by atoms with E-state index in [1.54, 1.807) is 11.9 Å². The number of benzene rings is 1. The van der Waals surface area contributed by atoms with Gasteiger partial charge in [-0.3, -0.25) is 9.89 Å². The van der Waals surface area contributed by atoms with Gasteiger partial charge in [0.05, 0.1) is 5.69 Å². The number of nitrogens with zero attached hydrogens (tertiary/aromatic N) is 2. The summed E-state index contributed by atoms with van der Waals surface area (Å²) in [6, 6.07) is 6.00. The van der Waals surface area contributed by atoms with E-state index in [0.29, 0.717) is 6.54 Å². The Balaban J connectivity index is 2.20. The second-order valence-corrected chi connectivity index (χ2v) is 5.66. The molecule has 102 valence electrons. The molecule has 0 atom stereocenters. The first-order valence-electron chi connectivity index (χ1n) is 6.46. The minimum atomic E-state index is -0.464. The fraction of sp³-hybridized carbons (Fsp3) is 0.467. The molecular formula is C15H20N2O2. The Kier molecular flexibility index (Phi) is 3.60. The predicted molar refractivity (Wildman–Crippen MR) is 77.2 cm³/mol. The molecule has 4 nitrogen and oxygen atoms in total. The van der Waals surface area contributed by atoms with Crippen LogP contribution in [0.2, 0.25) is 0 Å². The number of anilines is 1. The third-order valence-electron chi connectivity index (χ3n) is 2.89. The average Bonchev–Trinajstić information content (AvgIpc) is 2.70. The molecule has 0 saturated carbocycles. The summed E-state index contributed by atoms with van der Waals surface area (Å²) < 4.78 is 5.42. The highest BCUT2D eigenvalue weighted by molar-refractivity contribution is 5.92. The van der Waals surface area contributed by atoms with Crippen molar-refractivity contribution in [2.45, 2.75) is 32.8 Å². The molecule has 19 heavy (non-hydrogen) atoms. The molecular weight excluding hydrogens is 240 g/mol. The van der Waals surface area contributed by atoms with E-state index in [1.807, 2.05) is 39.1 Å². The second kappa shape index (κ2) is 5.03. The number of ether oxygens (including phenoxy) is 1. The molecule has 1 aromatic rings. The fourth-order valence-corrected chi connectivity index (χ4v) is 2.16. The van der Waals surface area contributed by atoms with E-state index >= 15 is 0 Å². The number of fused-ring (bicyclic) bond motifs is 1. The largest absolute Gasteiger partial charge is 0.443 e. The van der Waals surface area contributed by atoms with Crippen LogP contribution in [0.1, 0.15) is 31.9 Å². The van der Waals surface area contributed by atoms with E-state index in [4.69, 9.17) is 4.74 Å². The fourth-order valence-electron chi connectivity index (χ4n) is 2.16. The minimum Gasteiger partial charge on any atom is -0.443 e. The van der Waals surface area contributed by atoms with E-state index in [-0.39, 0.29) is 6.09 Å². The number of amides is 1. The number of rotatable bonds is 1. The summed E-state index contributed by atoms with van der Waals surface area (Å²) in [6.45, 7) is 6.31. The Bertz CT molecular complexity index is 515. The lowest BCUT2D eigenvalue weighted by atomic mass is 10.1. The number of aliphatic imine (C=N–C) groups is 1. The molecule has 0 N–H and O–H groups in total. The van der Waals surface area contributed by atoms with Gasteiger partial charge in [-0.1, -0.05) is 6.07 Å². The average molecular weight is 260 g/mol. The molecule has 0 aromatic heterocycles. The topological polar surface area (TPSA) is 41.9 Å². The lowest BCUT2D eigenvalue weighted by Crippen LogP contribution is -2.35. The first kappa shape index (κ1) is 13.6. The molecule has 0 spiro atoms. The second-order valence-electron chi connectivity index (χ2n) is 5.66. The van der Waals surface area contributed by atoms with E-state index in [1.165, 1.54) is 5.56 Å². The number of hydrogen-bond donors (Lipinski definition) is 0. The third kappa shape index (κ3) is 3.13. The van der Waals surface area contributed by atoms with Crippen molar-refractivity contribution < 1.29 is 9.53 Å². The van der Waals surface area contributed by atoms with Gasteiger partial charge in [0.1, 0.15) is 5.60 Å². The first-order chi connectivity index (χ1) is 8.90. The van der Waals surface area contributed by atoms with Crippen LogP contribution < -0.4 is 4.90 Å². The van der Waals surface area contributed by atoms with Gasteiger partial charge in [-0.2, -0.15) is 0 Å². The molecule has 0 aliphatic carbocycles. The molecule has 0 bridgehead atoms. The quantitative estimate of drug-likeness (QED) is 0.728. The maximum Gasteiger partial charge on any atom is 0.414 e. The van der Waals surface area contributed by atoms with Gasteiger partial charge in [0.25, 0.3) is 0 Å². The van der Waals surface area contributed by atoms with Gasteiger partial charge in [0.15, 0.2) is 0 Å². The van der Waals surface area contributed by atoms with Gasteiger partial charge in [-0.05, 0) is 50.5 Å². The van der Waals surface area contributed by atoms with Gasteiger partial charge in [0.2, 0.25) is 0 Å². The van der Waals surface area contributed by atoms with Crippen LogP contribution in [-0.2, 0) is 11.2 Å². The van der Waals surface area contributed by atoms with Crippen molar-refractivity contribution in [3.8, 4) is 0 Å². The van der Waals surface area contributed by atoms with E-state index < -0.39 is 5.60 Å². The predicted octanol–water partition coefficient (Wildman–Crippen LogP) is 3.03. The Morgan fingerprint density at radius 1 is 1.42 bits per heavy atom. The summed E-state index contributed by atoms with van der Waals surface area (Å²) >= 11 is 0. The third-order valence-corrected chi connectivity index (χ3v) is 2.89. The normalized spacial score (nSPS) is 14.8. The van der Waals surface area contributed by atoms with Crippen molar-refractivity contribution in [1.82, 2.24) is 0 Å². The standard InChI is InChI=1S/C15H20N2O2/c1-15(2,3)19-14(18)17-8-7-12-9-11(10-16-4)5-6-13(12)17/h5-6,9-10H,7-8H2,1-4H3. The highest BCUT2D eigenvalue weighted by atomic mass is 16.6. The molecule has 2 rings (SSSR count). The van der Waals surface area contributed by atoms with Crippen LogP contribution >= 0.6 is 0 Å². The van der Waals surface area contributed by atoms with Crippen molar-refractivity contribution >= 4 is 18.0 Å². The molecule has 4 heteroatoms. The number of carbonyl (C=O) groups excluding carboxylic acids is 1. The van der Waals surface area contributed by atoms with Gasteiger partial charge in [-0.25, -0.2) is 4.79 Å². The Labute approximate surface area is 114 Å². The van der Waals surface area contributed by atoms with Crippen LogP contribution in [0.15, 0.2) is 23.2 Å². The van der Waals surface area contributed by atoms with Crippen molar-refractivity contribution in [1.29, 1.82) is 0 Å². The lowest BCUT2D eigenvalue weighted by molar-refractivity contribution is 0.0584. The smallest absolute Gasteiger partial charge is 0.414 e. The number of hydrogen-bond acceptors (Lipinski definition) is 3. The SMILES string of the molecule is CN=Cc1ccc2c(c1)CCN2C(=O)OC(C)(C)C. The highest BCUT2D eigenvalue weighted by Gasteiger charge is 2.28. The first-order valence-corrected chi connectivity index (χ1v) is 6.46. The summed E-state index contributed by atoms with van der Waals surface area (Å²) in [5, 5.41) is 0. The van der Waals surface area contributed by atoms with Crippen LogP contribution in [0.4, 0.5) is 10.5 Å². The maximum absolute atomic E-state index is 12.1. The summed E-state index contributed by atoms with van der Waals surface area (Å²) in [5.41, 5.74) is 2.72. The van der Waals surface area contributed by atoms with Crippen molar-refractivity contribution in [2.75, 3.05) is 18.5 Å². The van der Waals surface area contributed by atoms with E-state index in [0.717, 1.165) is 17.7 Å². The lowest BCUT2D eigenvalue weighted by Gasteiger charge is -2.24. The van der Waals surface area contributed by atoms with Gasteiger partial charge in [0, 0.05) is 19.8 Å². The molecule has 1 amide bonds. The summed E-state index contributed by atoms with van der Waals surface area (Å²) in [5.74, 6) is 0. The van der Waals surface area contributed by atoms with Crippen LogP contribution in [0.25, 0.3) is 0 Å². The minimum absolute atomic E-state index is 0.275. The van der Waals surface area contributed by atoms with Crippen molar-refractivity contribution in [3.05, 3.63) is 29.3 Å². The summed E-state index contributed by atoms with van der Waals surface area (Å²) in [7, 11) is 1.75. The van der Waals surface area contributed by atoms with Crippen molar-refractivity contribution in [2.24, 2.45) is 4.99 Å². The molecule has 1 aliphatic rings. The molecule has 1 aliphatic heterocycles. The Hall–Kier alpha value is -1.84. The monoisotopic (exact) mass is 260 g/mol. The molecule has 0 unspecified atom stereocenters. The highest BCUT2D eigenvalue weighted by Crippen LogP contribution is 2.29. The molecule has 0 radical (unpaired) electrons.